The Bertz CT molecular complexity index is 926. The number of carbonyl (C=O) groups excluding carboxylic acids is 2. The van der Waals surface area contributed by atoms with Crippen LogP contribution in [-0.2, 0) is 9.59 Å². The van der Waals surface area contributed by atoms with E-state index < -0.39 is 24.1 Å². The lowest BCUT2D eigenvalue weighted by Gasteiger charge is -2.40. The van der Waals surface area contributed by atoms with Gasteiger partial charge in [0.25, 0.3) is 5.91 Å². The Morgan fingerprint density at radius 2 is 1.69 bits per heavy atom. The Labute approximate surface area is 170 Å². The zero-order valence-electron chi connectivity index (χ0n) is 16.5. The molecule has 0 aromatic heterocycles. The van der Waals surface area contributed by atoms with Crippen LogP contribution in [0.2, 0.25) is 0 Å². The lowest BCUT2D eigenvalue weighted by Crippen LogP contribution is -2.57. The second-order valence-electron chi connectivity index (χ2n) is 7.55. The summed E-state index contributed by atoms with van der Waals surface area (Å²) in [7, 11) is 0. The summed E-state index contributed by atoms with van der Waals surface area (Å²) in [6.07, 6.45) is 3.46. The molecule has 2 heterocycles. The van der Waals surface area contributed by atoms with Gasteiger partial charge in [-0.25, -0.2) is 9.91 Å². The van der Waals surface area contributed by atoms with Gasteiger partial charge in [-0.1, -0.05) is 55.0 Å². The Morgan fingerprint density at radius 1 is 1.00 bits per heavy atom. The molecule has 6 heteroatoms. The number of hydrazine groups is 1. The predicted molar refractivity (Wildman–Crippen MR) is 112 cm³/mol. The van der Waals surface area contributed by atoms with Crippen LogP contribution >= 0.6 is 0 Å². The average Bonchev–Trinajstić information content (AvgIpc) is 3.00. The number of aliphatic hydroxyl groups excluding tert-OH is 1. The quantitative estimate of drug-likeness (QED) is 0.606. The molecule has 29 heavy (non-hydrogen) atoms. The maximum atomic E-state index is 13.4. The fraction of sp³-hybridized carbons (Fsp3) is 0.304. The van der Waals surface area contributed by atoms with E-state index in [-0.39, 0.29) is 11.8 Å². The maximum absolute atomic E-state index is 13.4. The minimum absolute atomic E-state index is 0.248. The van der Waals surface area contributed by atoms with Crippen molar-refractivity contribution in [2.45, 2.75) is 38.5 Å². The van der Waals surface area contributed by atoms with E-state index in [1.807, 2.05) is 50.3 Å². The maximum Gasteiger partial charge on any atom is 0.254 e. The summed E-state index contributed by atoms with van der Waals surface area (Å²) < 4.78 is 0. The number of nitrogens with one attached hydrogen (secondary N) is 1. The van der Waals surface area contributed by atoms with Crippen LogP contribution in [0.25, 0.3) is 0 Å². The molecule has 0 aliphatic carbocycles. The van der Waals surface area contributed by atoms with E-state index in [4.69, 9.17) is 0 Å². The van der Waals surface area contributed by atoms with Crippen molar-refractivity contribution in [2.75, 3.05) is 10.3 Å². The number of fused-ring (bicyclic) bond motifs is 1. The molecule has 0 radical (unpaired) electrons. The number of hydrogen-bond acceptors (Lipinski definition) is 5. The van der Waals surface area contributed by atoms with Gasteiger partial charge in [-0.15, -0.1) is 0 Å². The molecule has 2 aromatic rings. The molecular formula is C23H25N3O3. The molecule has 1 fully saturated rings. The van der Waals surface area contributed by atoms with Crippen molar-refractivity contribution in [1.29, 1.82) is 0 Å². The molecule has 2 aliphatic rings. The molecule has 0 bridgehead atoms. The van der Waals surface area contributed by atoms with Crippen LogP contribution in [0.5, 0.6) is 0 Å². The lowest BCUT2D eigenvalue weighted by molar-refractivity contribution is -0.123. The van der Waals surface area contributed by atoms with Crippen molar-refractivity contribution in [2.24, 2.45) is 5.92 Å². The molecule has 6 nitrogen and oxygen atoms in total. The van der Waals surface area contributed by atoms with Gasteiger partial charge in [0.05, 0.1) is 23.8 Å². The van der Waals surface area contributed by atoms with Gasteiger partial charge in [-0.05, 0) is 37.6 Å². The molecule has 2 N–H and O–H groups in total. The number of aryl methyl sites for hydroxylation is 1. The Morgan fingerprint density at radius 3 is 2.34 bits per heavy atom. The van der Waals surface area contributed by atoms with Crippen LogP contribution in [0.3, 0.4) is 0 Å². The molecule has 0 unspecified atom stereocenters. The van der Waals surface area contributed by atoms with Crippen molar-refractivity contribution in [3.8, 4) is 0 Å². The third-order valence-electron chi connectivity index (χ3n) is 5.59. The number of hydrogen-bond donors (Lipinski definition) is 2. The number of benzene rings is 2. The van der Waals surface area contributed by atoms with Gasteiger partial charge >= 0.3 is 0 Å². The van der Waals surface area contributed by atoms with E-state index in [9.17, 15) is 14.7 Å². The van der Waals surface area contributed by atoms with Crippen molar-refractivity contribution in [1.82, 2.24) is 5.01 Å². The number of rotatable bonds is 5. The summed E-state index contributed by atoms with van der Waals surface area (Å²) in [6.45, 7) is 3.90. The van der Waals surface area contributed by atoms with Gasteiger partial charge < -0.3 is 10.5 Å². The Kier molecular flexibility index (Phi) is 5.22. The number of carbonyl (C=O) groups is 2. The van der Waals surface area contributed by atoms with Gasteiger partial charge in [0.1, 0.15) is 6.04 Å². The Balaban J connectivity index is 1.71. The highest BCUT2D eigenvalue weighted by Crippen LogP contribution is 2.35. The first-order chi connectivity index (χ1) is 14.0. The van der Waals surface area contributed by atoms with E-state index in [1.165, 1.54) is 4.90 Å². The zero-order chi connectivity index (χ0) is 20.5. The summed E-state index contributed by atoms with van der Waals surface area (Å²) >= 11 is 0. The predicted octanol–water partition coefficient (Wildman–Crippen LogP) is 2.89. The monoisotopic (exact) mass is 391 g/mol. The summed E-state index contributed by atoms with van der Waals surface area (Å²) in [5, 5.41) is 12.3. The van der Waals surface area contributed by atoms with E-state index in [1.54, 1.807) is 35.4 Å². The van der Waals surface area contributed by atoms with E-state index in [0.29, 0.717) is 12.1 Å². The van der Waals surface area contributed by atoms with Crippen molar-refractivity contribution >= 4 is 23.2 Å². The third-order valence-corrected chi connectivity index (χ3v) is 5.59. The standard InChI is InChI=1S/C23H25N3O3/c1-3-20(27)19-14-13-18-21(26(19)24-16-11-9-15(2)10-12-16)23(29)25(22(18)28)17-7-5-4-6-8-17/h4-14,18-21,24,27H,3H2,1-2H3/t18-,19-,20-,21+/m1/s1. The number of anilines is 2. The largest absolute Gasteiger partial charge is 0.391 e. The van der Waals surface area contributed by atoms with E-state index >= 15 is 0 Å². The van der Waals surface area contributed by atoms with Crippen molar-refractivity contribution in [3.63, 3.8) is 0 Å². The number of para-hydroxylation sites is 1. The first-order valence-electron chi connectivity index (χ1n) is 9.92. The second kappa shape index (κ2) is 7.81. The van der Waals surface area contributed by atoms with Gasteiger partial charge in [-0.2, -0.15) is 0 Å². The van der Waals surface area contributed by atoms with Gasteiger partial charge in [0.15, 0.2) is 0 Å². The highest BCUT2D eigenvalue weighted by atomic mass is 16.3. The summed E-state index contributed by atoms with van der Waals surface area (Å²) in [6, 6.07) is 15.6. The smallest absolute Gasteiger partial charge is 0.254 e. The minimum atomic E-state index is -0.722. The molecule has 2 amide bonds. The molecular weight excluding hydrogens is 366 g/mol. The van der Waals surface area contributed by atoms with E-state index in [2.05, 4.69) is 5.43 Å². The fourth-order valence-electron chi connectivity index (χ4n) is 3.98. The highest BCUT2D eigenvalue weighted by molar-refractivity contribution is 6.24. The average molecular weight is 391 g/mol. The number of amides is 2. The molecule has 2 aliphatic heterocycles. The van der Waals surface area contributed by atoms with Crippen LogP contribution < -0.4 is 10.3 Å². The second-order valence-corrected chi connectivity index (χ2v) is 7.55. The first-order valence-corrected chi connectivity index (χ1v) is 9.92. The van der Waals surface area contributed by atoms with Crippen LogP contribution in [-0.4, -0.2) is 40.1 Å². The summed E-state index contributed by atoms with van der Waals surface area (Å²) in [5.74, 6) is -1.13. The molecule has 0 saturated carbocycles. The van der Waals surface area contributed by atoms with Crippen LogP contribution in [0, 0.1) is 12.8 Å². The highest BCUT2D eigenvalue weighted by Gasteiger charge is 2.53. The van der Waals surface area contributed by atoms with Gasteiger partial charge in [-0.3, -0.25) is 9.59 Å². The van der Waals surface area contributed by atoms with E-state index in [0.717, 1.165) is 11.3 Å². The molecule has 2 aromatic carbocycles. The summed E-state index contributed by atoms with van der Waals surface area (Å²) in [5.41, 5.74) is 5.78. The lowest BCUT2D eigenvalue weighted by atomic mass is 9.92. The molecule has 0 spiro atoms. The number of imide groups is 1. The zero-order valence-corrected chi connectivity index (χ0v) is 16.5. The van der Waals surface area contributed by atoms with Gasteiger partial charge in [0.2, 0.25) is 5.91 Å². The summed E-state index contributed by atoms with van der Waals surface area (Å²) in [4.78, 5) is 27.7. The SMILES string of the molecule is CC[C@@H](O)[C@H]1C=C[C@H]2C(=O)N(c3ccccc3)C(=O)[C@H]2N1Nc1ccc(C)cc1. The van der Waals surface area contributed by atoms with Crippen LogP contribution in [0.15, 0.2) is 66.7 Å². The van der Waals surface area contributed by atoms with Crippen LogP contribution in [0.1, 0.15) is 18.9 Å². The molecule has 150 valence electrons. The Hall–Kier alpha value is -2.96. The number of aliphatic hydroxyl groups is 1. The van der Waals surface area contributed by atoms with Crippen molar-refractivity contribution < 1.29 is 14.7 Å². The molecule has 1 saturated heterocycles. The van der Waals surface area contributed by atoms with Gasteiger partial charge in [0, 0.05) is 5.69 Å². The third kappa shape index (κ3) is 3.45. The first kappa shape index (κ1) is 19.4. The van der Waals surface area contributed by atoms with Crippen LogP contribution in [0.4, 0.5) is 11.4 Å². The topological polar surface area (TPSA) is 72.9 Å². The number of nitrogens with zero attached hydrogens (tertiary/aromatic N) is 2. The van der Waals surface area contributed by atoms with Crippen molar-refractivity contribution in [3.05, 3.63) is 72.3 Å². The minimum Gasteiger partial charge on any atom is -0.391 e. The fourth-order valence-corrected chi connectivity index (χ4v) is 3.98. The molecule has 4 atom stereocenters. The normalized spacial score (nSPS) is 25.2. The molecule has 4 rings (SSSR count).